The average molecular weight is 591 g/mol. The van der Waals surface area contributed by atoms with Crippen LogP contribution in [-0.2, 0) is 40.4 Å². The van der Waals surface area contributed by atoms with Gasteiger partial charge >= 0.3 is 23.9 Å². The number of esters is 2. The lowest BCUT2D eigenvalue weighted by molar-refractivity contribution is -0.138. The van der Waals surface area contributed by atoms with Crippen LogP contribution < -0.4 is 9.47 Å². The first kappa shape index (κ1) is 30.4. The van der Waals surface area contributed by atoms with Gasteiger partial charge in [-0.1, -0.05) is 24.3 Å². The summed E-state index contributed by atoms with van der Waals surface area (Å²) in [6, 6.07) is 20.8. The van der Waals surface area contributed by atoms with Crippen molar-refractivity contribution in [1.82, 2.24) is 0 Å². The molecule has 0 saturated carbocycles. The third kappa shape index (κ3) is 8.70. The molecule has 43 heavy (non-hydrogen) atoms. The maximum atomic E-state index is 12.8. The molecule has 220 valence electrons. The lowest BCUT2D eigenvalue weighted by Crippen LogP contribution is -2.22. The number of ether oxygens (including phenoxy) is 3. The lowest BCUT2D eigenvalue weighted by Gasteiger charge is -2.15. The summed E-state index contributed by atoms with van der Waals surface area (Å²) >= 11 is 0. The van der Waals surface area contributed by atoms with Gasteiger partial charge in [-0.05, 0) is 82.9 Å². The van der Waals surface area contributed by atoms with Crippen LogP contribution in [-0.4, -0.2) is 34.1 Å². The summed E-state index contributed by atoms with van der Waals surface area (Å²) in [4.78, 5) is 44.6. The largest absolute Gasteiger partial charge is 0.489 e. The maximum absolute atomic E-state index is 12.8. The van der Waals surface area contributed by atoms with Crippen LogP contribution in [0.1, 0.15) is 43.0 Å². The first-order valence-corrected chi connectivity index (χ1v) is 12.8. The maximum Gasteiger partial charge on any atom is 0.346 e. The SMILES string of the molecule is O=C(O)Cc1cc(OCc2ccc(F)cc2)ccc1C(=O)O.O=C1Cc2cc(OCc3ccc(F)cc3)ccc2C(=O)O1. The number of carbonyl (C=O) groups excluding carboxylic acids is 2. The Labute approximate surface area is 243 Å². The molecule has 9 nitrogen and oxygen atoms in total. The zero-order chi connectivity index (χ0) is 30.9. The molecular formula is C32H24F2O9. The molecule has 4 aromatic carbocycles. The molecule has 0 saturated heterocycles. The molecule has 1 aliphatic heterocycles. The number of halogens is 2. The third-order valence-corrected chi connectivity index (χ3v) is 6.12. The lowest BCUT2D eigenvalue weighted by atomic mass is 10.0. The molecule has 0 fully saturated rings. The molecule has 2 N–H and O–H groups in total. The molecule has 11 heteroatoms. The molecule has 0 spiro atoms. The fourth-order valence-corrected chi connectivity index (χ4v) is 4.03. The standard InChI is InChI=1S/C16H13FO5.C16H11FO4/c17-12-3-1-10(2-4-12)9-22-13-5-6-14(16(20)21)11(7-13)8-15(18)19;17-12-3-1-10(2-4-12)9-20-13-5-6-14-11(7-13)8-15(18)21-16(14)19/h1-7H,8-9H2,(H,18,19)(H,20,21);1-7H,8-9H2. The van der Waals surface area contributed by atoms with Crippen LogP contribution >= 0.6 is 0 Å². The van der Waals surface area contributed by atoms with E-state index in [-0.39, 0.29) is 42.4 Å². The first-order valence-electron chi connectivity index (χ1n) is 12.8. The van der Waals surface area contributed by atoms with Gasteiger partial charge in [-0.2, -0.15) is 0 Å². The highest BCUT2D eigenvalue weighted by molar-refractivity contribution is 6.02. The van der Waals surface area contributed by atoms with E-state index in [2.05, 4.69) is 4.74 Å². The van der Waals surface area contributed by atoms with Gasteiger partial charge in [0.2, 0.25) is 0 Å². The van der Waals surface area contributed by atoms with E-state index in [1.54, 1.807) is 42.5 Å². The quantitative estimate of drug-likeness (QED) is 0.195. The number of fused-ring (bicyclic) bond motifs is 1. The van der Waals surface area contributed by atoms with Gasteiger partial charge in [0.1, 0.15) is 36.3 Å². The van der Waals surface area contributed by atoms with Gasteiger partial charge in [0.15, 0.2) is 0 Å². The molecule has 0 aromatic heterocycles. The number of carboxylic acids is 2. The Hall–Kier alpha value is -5.58. The average Bonchev–Trinajstić information content (AvgIpc) is 2.96. The minimum Gasteiger partial charge on any atom is -0.489 e. The van der Waals surface area contributed by atoms with Crippen LogP contribution in [0.5, 0.6) is 11.5 Å². The third-order valence-electron chi connectivity index (χ3n) is 6.12. The highest BCUT2D eigenvalue weighted by Gasteiger charge is 2.25. The normalized spacial score (nSPS) is 11.9. The topological polar surface area (TPSA) is 136 Å². The van der Waals surface area contributed by atoms with Crippen molar-refractivity contribution < 1.29 is 52.4 Å². The van der Waals surface area contributed by atoms with Crippen LogP contribution in [0.25, 0.3) is 0 Å². The number of hydrogen-bond donors (Lipinski definition) is 2. The molecule has 0 amide bonds. The van der Waals surface area contributed by atoms with Crippen LogP contribution in [0, 0.1) is 11.6 Å². The minimum atomic E-state index is -1.19. The Morgan fingerprint density at radius 1 is 0.744 bits per heavy atom. The summed E-state index contributed by atoms with van der Waals surface area (Å²) in [6.07, 6.45) is -0.357. The first-order chi connectivity index (χ1) is 20.6. The summed E-state index contributed by atoms with van der Waals surface area (Å²) in [5, 5.41) is 17.9. The van der Waals surface area contributed by atoms with Gasteiger partial charge < -0.3 is 24.4 Å². The van der Waals surface area contributed by atoms with Gasteiger partial charge in [-0.15, -0.1) is 0 Å². The predicted octanol–water partition coefficient (Wildman–Crippen LogP) is 5.37. The Morgan fingerprint density at radius 3 is 1.81 bits per heavy atom. The summed E-state index contributed by atoms with van der Waals surface area (Å²) < 4.78 is 41.2. The van der Waals surface area contributed by atoms with Crippen molar-refractivity contribution >= 4 is 23.9 Å². The molecule has 0 atom stereocenters. The number of carbonyl (C=O) groups is 4. The molecule has 4 aromatic rings. The van der Waals surface area contributed by atoms with E-state index in [9.17, 15) is 28.0 Å². The Kier molecular flexibility index (Phi) is 9.79. The zero-order valence-corrected chi connectivity index (χ0v) is 22.4. The van der Waals surface area contributed by atoms with Gasteiger partial charge in [0.05, 0.1) is 24.0 Å². The summed E-state index contributed by atoms with van der Waals surface area (Å²) in [7, 11) is 0. The van der Waals surface area contributed by atoms with Gasteiger partial charge in [-0.3, -0.25) is 9.59 Å². The number of carboxylic acid groups (broad SMARTS) is 2. The van der Waals surface area contributed by atoms with Crippen molar-refractivity contribution in [2.24, 2.45) is 0 Å². The van der Waals surface area contributed by atoms with Gasteiger partial charge in [0, 0.05) is 0 Å². The van der Waals surface area contributed by atoms with E-state index < -0.39 is 30.3 Å². The van der Waals surface area contributed by atoms with Gasteiger partial charge in [0.25, 0.3) is 0 Å². The molecule has 5 rings (SSSR count). The molecule has 0 radical (unpaired) electrons. The molecule has 1 aliphatic rings. The van der Waals surface area contributed by atoms with Crippen LogP contribution in [0.3, 0.4) is 0 Å². The second-order valence-electron chi connectivity index (χ2n) is 9.28. The number of cyclic esters (lactones) is 2. The van der Waals surface area contributed by atoms with E-state index in [1.165, 1.54) is 42.5 Å². The molecular weight excluding hydrogens is 566 g/mol. The van der Waals surface area contributed by atoms with Crippen molar-refractivity contribution in [3.63, 3.8) is 0 Å². The molecule has 0 aliphatic carbocycles. The van der Waals surface area contributed by atoms with Gasteiger partial charge in [-0.25, -0.2) is 18.4 Å². The second kappa shape index (κ2) is 13.9. The zero-order valence-electron chi connectivity index (χ0n) is 22.4. The van der Waals surface area contributed by atoms with E-state index in [0.29, 0.717) is 22.6 Å². The molecule has 0 bridgehead atoms. The van der Waals surface area contributed by atoms with E-state index >= 15 is 0 Å². The molecule has 0 unspecified atom stereocenters. The number of aliphatic carboxylic acids is 1. The van der Waals surface area contributed by atoms with Crippen molar-refractivity contribution in [3.05, 3.63) is 130 Å². The van der Waals surface area contributed by atoms with Crippen LogP contribution in [0.15, 0.2) is 84.9 Å². The summed E-state index contributed by atoms with van der Waals surface area (Å²) in [6.45, 7) is 0.441. The fraction of sp³-hybridized carbons (Fsp3) is 0.125. The van der Waals surface area contributed by atoms with Crippen molar-refractivity contribution in [1.29, 1.82) is 0 Å². The van der Waals surface area contributed by atoms with Crippen molar-refractivity contribution in [3.8, 4) is 11.5 Å². The number of benzene rings is 4. The predicted molar refractivity (Wildman–Crippen MR) is 147 cm³/mol. The highest BCUT2D eigenvalue weighted by Crippen LogP contribution is 2.24. The fourth-order valence-electron chi connectivity index (χ4n) is 4.03. The summed E-state index contributed by atoms with van der Waals surface area (Å²) in [5.41, 5.74) is 2.62. The Balaban J connectivity index is 0.000000197. The Bertz CT molecular complexity index is 1650. The number of hydrogen-bond acceptors (Lipinski definition) is 7. The van der Waals surface area contributed by atoms with Crippen molar-refractivity contribution in [2.75, 3.05) is 0 Å². The minimum absolute atomic E-state index is 0.0504. The van der Waals surface area contributed by atoms with E-state index in [0.717, 1.165) is 11.1 Å². The Morgan fingerprint density at radius 2 is 1.28 bits per heavy atom. The highest BCUT2D eigenvalue weighted by atomic mass is 19.1. The number of rotatable bonds is 9. The van der Waals surface area contributed by atoms with E-state index in [1.807, 2.05) is 0 Å². The van der Waals surface area contributed by atoms with Crippen molar-refractivity contribution in [2.45, 2.75) is 26.1 Å². The van der Waals surface area contributed by atoms with E-state index in [4.69, 9.17) is 19.7 Å². The van der Waals surface area contributed by atoms with Crippen LogP contribution in [0.4, 0.5) is 8.78 Å². The smallest absolute Gasteiger partial charge is 0.346 e. The monoisotopic (exact) mass is 590 g/mol. The van der Waals surface area contributed by atoms with Crippen LogP contribution in [0.2, 0.25) is 0 Å². The summed E-state index contributed by atoms with van der Waals surface area (Å²) in [5.74, 6) is -3.27. The second-order valence-corrected chi connectivity index (χ2v) is 9.28. The number of aromatic carboxylic acids is 1. The molecule has 1 heterocycles.